The quantitative estimate of drug-likeness (QED) is 0.370. The van der Waals surface area contributed by atoms with E-state index in [0.717, 1.165) is 26.2 Å². The molecule has 1 amide bonds. The number of pyridine rings is 1. The van der Waals surface area contributed by atoms with Crippen LogP contribution in [-0.2, 0) is 9.53 Å². The molecule has 186 valence electrons. The Bertz CT molecular complexity index is 1230. The average Bonchev–Trinajstić information content (AvgIpc) is 3.07. The van der Waals surface area contributed by atoms with Crippen LogP contribution in [0.3, 0.4) is 0 Å². The number of nitrogens with one attached hydrogen (secondary N) is 1. The third-order valence-corrected chi connectivity index (χ3v) is 6.02. The summed E-state index contributed by atoms with van der Waals surface area (Å²) in [6.45, 7) is 1.82. The lowest BCUT2D eigenvalue weighted by Crippen LogP contribution is -2.47. The maximum Gasteiger partial charge on any atom is 0.417 e. The number of hydrogen-bond acceptors (Lipinski definition) is 7. The summed E-state index contributed by atoms with van der Waals surface area (Å²) < 4.78 is 80.2. The van der Waals surface area contributed by atoms with E-state index in [1.807, 2.05) is 0 Å². The van der Waals surface area contributed by atoms with E-state index in [4.69, 9.17) is 14.7 Å². The molecule has 0 saturated carbocycles. The first-order valence-corrected chi connectivity index (χ1v) is 9.88. The topological polar surface area (TPSA) is 127 Å². The molecule has 0 bridgehead atoms. The smallest absolute Gasteiger partial charge is 0.417 e. The van der Waals surface area contributed by atoms with E-state index in [1.165, 1.54) is 0 Å². The lowest BCUT2D eigenvalue weighted by atomic mass is 9.77. The van der Waals surface area contributed by atoms with Gasteiger partial charge in [0.1, 0.15) is 29.8 Å². The first-order valence-electron chi connectivity index (χ1n) is 9.88. The minimum Gasteiger partial charge on any atom is -0.493 e. The monoisotopic (exact) mass is 500 g/mol. The van der Waals surface area contributed by atoms with Crippen LogP contribution in [0, 0.1) is 39.0 Å². The highest BCUT2D eigenvalue weighted by atomic mass is 19.4. The van der Waals surface area contributed by atoms with Crippen molar-refractivity contribution in [2.75, 3.05) is 12.4 Å². The number of anilines is 1. The van der Waals surface area contributed by atoms with Crippen LogP contribution in [0.15, 0.2) is 24.4 Å². The molecule has 0 unspecified atom stereocenters. The van der Waals surface area contributed by atoms with Crippen molar-refractivity contribution in [3.63, 3.8) is 0 Å². The highest BCUT2D eigenvalue weighted by Gasteiger charge is 2.66. The number of benzene rings is 1. The molecule has 1 N–H and O–H groups in total. The predicted octanol–water partition coefficient (Wildman–Crippen LogP) is 4.23. The van der Waals surface area contributed by atoms with Gasteiger partial charge in [-0.3, -0.25) is 14.9 Å². The van der Waals surface area contributed by atoms with Gasteiger partial charge in [0, 0.05) is 23.5 Å². The minimum absolute atomic E-state index is 0.269. The van der Waals surface area contributed by atoms with E-state index < -0.39 is 69.3 Å². The summed E-state index contributed by atoms with van der Waals surface area (Å²) >= 11 is 0. The molecule has 1 aromatic carbocycles. The minimum atomic E-state index is -4.98. The van der Waals surface area contributed by atoms with Gasteiger partial charge in [0.15, 0.2) is 17.2 Å². The number of nitro groups is 1. The molecule has 1 aliphatic heterocycles. The van der Waals surface area contributed by atoms with Crippen LogP contribution in [0.25, 0.3) is 0 Å². The summed E-state index contributed by atoms with van der Waals surface area (Å²) in [5, 5.41) is 22.4. The Balaban J connectivity index is 2.14. The Morgan fingerprint density at radius 2 is 2.03 bits per heavy atom. The molecule has 1 aliphatic rings. The van der Waals surface area contributed by atoms with Gasteiger partial charge in [-0.15, -0.1) is 0 Å². The third kappa shape index (κ3) is 4.34. The van der Waals surface area contributed by atoms with E-state index >= 15 is 0 Å². The zero-order valence-corrected chi connectivity index (χ0v) is 18.3. The van der Waals surface area contributed by atoms with Gasteiger partial charge in [-0.2, -0.15) is 22.8 Å². The second kappa shape index (κ2) is 9.06. The van der Waals surface area contributed by atoms with Crippen molar-refractivity contribution in [2.45, 2.75) is 37.6 Å². The fraction of sp³-hybridized carbons (Fsp3) is 0.381. The van der Waals surface area contributed by atoms with Crippen molar-refractivity contribution in [1.29, 1.82) is 5.26 Å². The van der Waals surface area contributed by atoms with Crippen molar-refractivity contribution in [2.24, 2.45) is 5.92 Å². The molecule has 3 rings (SSSR count). The Labute approximate surface area is 194 Å². The Morgan fingerprint density at radius 3 is 2.57 bits per heavy atom. The van der Waals surface area contributed by atoms with Crippen LogP contribution in [0.4, 0.5) is 33.3 Å². The number of carbonyl (C=O) groups is 1. The first-order chi connectivity index (χ1) is 16.3. The van der Waals surface area contributed by atoms with Gasteiger partial charge in [-0.25, -0.2) is 9.37 Å². The van der Waals surface area contributed by atoms with Crippen molar-refractivity contribution in [3.05, 3.63) is 57.4 Å². The summed E-state index contributed by atoms with van der Waals surface area (Å²) in [5.74, 6) is -7.79. The van der Waals surface area contributed by atoms with Crippen LogP contribution in [0.2, 0.25) is 0 Å². The largest absolute Gasteiger partial charge is 0.493 e. The van der Waals surface area contributed by atoms with Crippen LogP contribution in [-0.4, -0.2) is 40.8 Å². The molecule has 0 aliphatic carbocycles. The summed E-state index contributed by atoms with van der Waals surface area (Å²) in [7, 11) is 0.976. The fourth-order valence-electron chi connectivity index (χ4n) is 4.00. The molecular formula is C21H17F5N4O5. The number of methoxy groups -OCH3 is 1. The lowest BCUT2D eigenvalue weighted by Gasteiger charge is -2.32. The van der Waals surface area contributed by atoms with Crippen molar-refractivity contribution in [1.82, 2.24) is 4.98 Å². The standard InChI is InChI=1S/C21H17F5N4O5/c1-9-15(11-4-5-12(22)16(23)17(11)34-3)18(35-20(9,2)21(24,25)26)19(31)29-13-6-10(7-27)28-8-14(13)30(32)33/h4-6,8-9,15,18H,1-3H3,(H,28,29,31)/t9-,15-,18+,20+/m0/s1. The molecule has 14 heteroatoms. The predicted molar refractivity (Wildman–Crippen MR) is 108 cm³/mol. The summed E-state index contributed by atoms with van der Waals surface area (Å²) in [5.41, 5.74) is -4.74. The van der Waals surface area contributed by atoms with E-state index in [9.17, 15) is 36.9 Å². The SMILES string of the molecule is COc1c([C@H]2[C@H](C(=O)Nc3cc(C#N)ncc3[N+](=O)[O-])O[C@@](C)(C(F)(F)F)[C@H]2C)ccc(F)c1F. The normalized spacial score (nSPS) is 24.0. The van der Waals surface area contributed by atoms with E-state index in [-0.39, 0.29) is 11.3 Å². The number of ether oxygens (including phenoxy) is 2. The van der Waals surface area contributed by atoms with Crippen molar-refractivity contribution >= 4 is 17.3 Å². The van der Waals surface area contributed by atoms with Gasteiger partial charge in [-0.1, -0.05) is 13.0 Å². The highest BCUT2D eigenvalue weighted by molar-refractivity contribution is 5.97. The molecule has 1 fully saturated rings. The van der Waals surface area contributed by atoms with Gasteiger partial charge in [-0.05, 0) is 13.0 Å². The Morgan fingerprint density at radius 1 is 1.37 bits per heavy atom. The Kier molecular flexibility index (Phi) is 6.67. The molecule has 35 heavy (non-hydrogen) atoms. The average molecular weight is 500 g/mol. The number of carbonyl (C=O) groups excluding carboxylic acids is 1. The maximum atomic E-state index is 14.4. The third-order valence-electron chi connectivity index (χ3n) is 6.02. The van der Waals surface area contributed by atoms with Gasteiger partial charge in [0.25, 0.3) is 5.91 Å². The van der Waals surface area contributed by atoms with Crippen molar-refractivity contribution < 1.29 is 41.1 Å². The number of rotatable bonds is 5. The number of halogens is 5. The van der Waals surface area contributed by atoms with E-state index in [2.05, 4.69) is 10.3 Å². The summed E-state index contributed by atoms with van der Waals surface area (Å²) in [6, 6.07) is 4.14. The van der Waals surface area contributed by atoms with E-state index in [0.29, 0.717) is 19.2 Å². The molecule has 4 atom stereocenters. The molecule has 1 aromatic heterocycles. The van der Waals surface area contributed by atoms with Gasteiger partial charge < -0.3 is 14.8 Å². The number of nitrogens with zero attached hydrogens (tertiary/aromatic N) is 3. The fourth-order valence-corrected chi connectivity index (χ4v) is 4.00. The molecule has 2 heterocycles. The van der Waals surface area contributed by atoms with E-state index in [1.54, 1.807) is 6.07 Å². The number of nitriles is 1. The number of amides is 1. The van der Waals surface area contributed by atoms with Crippen LogP contribution in [0.1, 0.15) is 31.0 Å². The second-order valence-corrected chi connectivity index (χ2v) is 7.89. The first kappa shape index (κ1) is 25.8. The molecule has 0 radical (unpaired) electrons. The van der Waals surface area contributed by atoms with Gasteiger partial charge in [0.05, 0.1) is 12.0 Å². The second-order valence-electron chi connectivity index (χ2n) is 7.89. The van der Waals surface area contributed by atoms with Crippen molar-refractivity contribution in [3.8, 4) is 11.8 Å². The number of aromatic nitrogens is 1. The number of alkyl halides is 3. The lowest BCUT2D eigenvalue weighted by molar-refractivity contribution is -0.384. The van der Waals surface area contributed by atoms with Gasteiger partial charge in [0.2, 0.25) is 5.82 Å². The molecule has 0 spiro atoms. The zero-order chi connectivity index (χ0) is 26.3. The van der Waals surface area contributed by atoms with Crippen LogP contribution < -0.4 is 10.1 Å². The van der Waals surface area contributed by atoms with Gasteiger partial charge >= 0.3 is 11.9 Å². The highest BCUT2D eigenvalue weighted by Crippen LogP contribution is 2.55. The summed E-state index contributed by atoms with van der Waals surface area (Å²) in [4.78, 5) is 27.1. The molecule has 9 nitrogen and oxygen atoms in total. The Hall–Kier alpha value is -3.86. The summed E-state index contributed by atoms with van der Waals surface area (Å²) in [6.07, 6.45) is -6.25. The maximum absolute atomic E-state index is 14.4. The molecule has 2 aromatic rings. The molecular weight excluding hydrogens is 483 g/mol. The molecule has 1 saturated heterocycles. The number of hydrogen-bond donors (Lipinski definition) is 1. The van der Waals surface area contributed by atoms with Crippen LogP contribution in [0.5, 0.6) is 5.75 Å². The zero-order valence-electron chi connectivity index (χ0n) is 18.3. The van der Waals surface area contributed by atoms with Crippen LogP contribution >= 0.6 is 0 Å².